The minimum absolute atomic E-state index is 0.104. The van der Waals surface area contributed by atoms with Crippen molar-refractivity contribution in [3.63, 3.8) is 0 Å². The monoisotopic (exact) mass is 300 g/mol. The Kier molecular flexibility index (Phi) is 3.42. The third-order valence-corrected chi connectivity index (χ3v) is 4.54. The molecule has 0 bridgehead atoms. The molecule has 4 N–H and O–H groups in total. The number of benzene rings is 1. The number of nitrogens with zero attached hydrogens (tertiary/aromatic N) is 1. The second kappa shape index (κ2) is 4.75. The highest BCUT2D eigenvalue weighted by molar-refractivity contribution is 7.92. The average Bonchev–Trinajstić information content (AvgIpc) is 2.64. The maximum atomic E-state index is 12.3. The predicted octanol–water partition coefficient (Wildman–Crippen LogP) is 2.06. The lowest BCUT2D eigenvalue weighted by molar-refractivity contribution is 0.600. The fourth-order valence-corrected chi connectivity index (χ4v) is 3.54. The number of aromatic nitrogens is 2. The van der Waals surface area contributed by atoms with Crippen LogP contribution in [0.4, 0.5) is 11.4 Å². The molecule has 0 aliphatic carbocycles. The van der Waals surface area contributed by atoms with Crippen molar-refractivity contribution in [2.75, 3.05) is 10.5 Å². The van der Waals surface area contributed by atoms with Gasteiger partial charge in [0.1, 0.15) is 4.90 Å². The Bertz CT molecular complexity index is 685. The van der Waals surface area contributed by atoms with Crippen LogP contribution in [0.2, 0.25) is 5.02 Å². The fraction of sp³-hybridized carbons (Fsp3) is 0.182. The van der Waals surface area contributed by atoms with Crippen molar-refractivity contribution in [2.24, 2.45) is 0 Å². The Morgan fingerprint density at radius 2 is 2.05 bits per heavy atom. The Morgan fingerprint density at radius 3 is 2.58 bits per heavy atom. The third-order valence-electron chi connectivity index (χ3n) is 2.61. The van der Waals surface area contributed by atoms with Crippen LogP contribution in [0.3, 0.4) is 0 Å². The van der Waals surface area contributed by atoms with Crippen molar-refractivity contribution in [3.8, 4) is 0 Å². The number of anilines is 2. The van der Waals surface area contributed by atoms with Crippen molar-refractivity contribution in [1.29, 1.82) is 0 Å². The van der Waals surface area contributed by atoms with Gasteiger partial charge in [0, 0.05) is 0 Å². The summed E-state index contributed by atoms with van der Waals surface area (Å²) in [5, 5.41) is 6.72. The van der Waals surface area contributed by atoms with Crippen LogP contribution in [0.25, 0.3) is 0 Å². The number of nitrogen functional groups attached to an aromatic ring is 1. The van der Waals surface area contributed by atoms with Crippen LogP contribution in [-0.2, 0) is 10.0 Å². The molecule has 6 nitrogen and oxygen atoms in total. The summed E-state index contributed by atoms with van der Waals surface area (Å²) in [5.74, 6) is 0. The smallest absolute Gasteiger partial charge is 0.265 e. The summed E-state index contributed by atoms with van der Waals surface area (Å²) in [4.78, 5) is 0.104. The Balaban J connectivity index is 2.49. The van der Waals surface area contributed by atoms with Crippen LogP contribution in [0, 0.1) is 13.8 Å². The number of halogens is 1. The predicted molar refractivity (Wildman–Crippen MR) is 74.7 cm³/mol. The van der Waals surface area contributed by atoms with E-state index in [4.69, 9.17) is 17.3 Å². The topological polar surface area (TPSA) is 101 Å². The molecule has 0 radical (unpaired) electrons. The molecule has 1 aromatic carbocycles. The van der Waals surface area contributed by atoms with E-state index in [1.807, 2.05) is 0 Å². The summed E-state index contributed by atoms with van der Waals surface area (Å²) in [7, 11) is -3.78. The van der Waals surface area contributed by atoms with Crippen molar-refractivity contribution in [1.82, 2.24) is 10.2 Å². The van der Waals surface area contributed by atoms with E-state index in [2.05, 4.69) is 14.9 Å². The largest absolute Gasteiger partial charge is 0.397 e. The zero-order chi connectivity index (χ0) is 14.2. The van der Waals surface area contributed by atoms with Gasteiger partial charge in [-0.3, -0.25) is 9.82 Å². The summed E-state index contributed by atoms with van der Waals surface area (Å²) >= 11 is 5.95. The molecular weight excluding hydrogens is 288 g/mol. The number of hydrogen-bond acceptors (Lipinski definition) is 4. The van der Waals surface area contributed by atoms with Gasteiger partial charge in [-0.1, -0.05) is 17.7 Å². The van der Waals surface area contributed by atoms with Gasteiger partial charge in [-0.25, -0.2) is 8.42 Å². The second-order valence-corrected chi connectivity index (χ2v) is 6.10. The van der Waals surface area contributed by atoms with Gasteiger partial charge in [0.05, 0.1) is 27.8 Å². The first-order chi connectivity index (χ1) is 8.83. The molecule has 0 fully saturated rings. The normalized spacial score (nSPS) is 11.5. The molecule has 8 heteroatoms. The van der Waals surface area contributed by atoms with Crippen LogP contribution < -0.4 is 10.5 Å². The Labute approximate surface area is 116 Å². The standard InChI is InChI=1S/C11H13ClN4O2S/c1-6-11(7(2)15-14-6)19(17,18)16-10-8(12)4-3-5-9(10)13/h3-5,16H,13H2,1-2H3,(H,14,15). The molecular formula is C11H13ClN4O2S. The summed E-state index contributed by atoms with van der Waals surface area (Å²) in [5.41, 5.74) is 6.99. The molecule has 0 saturated heterocycles. The van der Waals surface area contributed by atoms with Crippen LogP contribution in [-0.4, -0.2) is 18.6 Å². The first-order valence-electron chi connectivity index (χ1n) is 5.41. The average molecular weight is 301 g/mol. The number of rotatable bonds is 3. The number of aromatic amines is 1. The van der Waals surface area contributed by atoms with E-state index in [0.717, 1.165) is 0 Å². The van der Waals surface area contributed by atoms with Crippen LogP contribution in [0.1, 0.15) is 11.4 Å². The maximum Gasteiger partial charge on any atom is 0.265 e. The summed E-state index contributed by atoms with van der Waals surface area (Å²) in [6, 6.07) is 4.77. The maximum absolute atomic E-state index is 12.3. The van der Waals surface area contributed by atoms with Crippen LogP contribution in [0.5, 0.6) is 0 Å². The molecule has 2 rings (SSSR count). The number of hydrogen-bond donors (Lipinski definition) is 3. The molecule has 2 aromatic rings. The van der Waals surface area contributed by atoms with Gasteiger partial charge in [-0.15, -0.1) is 0 Å². The Hall–Kier alpha value is -1.73. The van der Waals surface area contributed by atoms with E-state index in [-0.39, 0.29) is 21.3 Å². The molecule has 0 aliphatic heterocycles. The van der Waals surface area contributed by atoms with E-state index >= 15 is 0 Å². The fourth-order valence-electron chi connectivity index (χ4n) is 1.77. The molecule has 0 unspecified atom stereocenters. The van der Waals surface area contributed by atoms with E-state index in [0.29, 0.717) is 11.4 Å². The van der Waals surface area contributed by atoms with Crippen molar-refractivity contribution >= 4 is 33.0 Å². The number of para-hydroxylation sites is 1. The number of sulfonamides is 1. The van der Waals surface area contributed by atoms with Crippen molar-refractivity contribution in [3.05, 3.63) is 34.6 Å². The van der Waals surface area contributed by atoms with Gasteiger partial charge in [0.15, 0.2) is 0 Å². The highest BCUT2D eigenvalue weighted by Crippen LogP contribution is 2.31. The second-order valence-electron chi connectivity index (χ2n) is 4.07. The van der Waals surface area contributed by atoms with Crippen LogP contribution >= 0.6 is 11.6 Å². The zero-order valence-corrected chi connectivity index (χ0v) is 11.9. The molecule has 0 atom stereocenters. The van der Waals surface area contributed by atoms with Gasteiger partial charge in [-0.05, 0) is 26.0 Å². The zero-order valence-electron chi connectivity index (χ0n) is 10.4. The quantitative estimate of drug-likeness (QED) is 0.755. The van der Waals surface area contributed by atoms with E-state index < -0.39 is 10.0 Å². The molecule has 1 heterocycles. The number of H-pyrrole nitrogens is 1. The highest BCUT2D eigenvalue weighted by atomic mass is 35.5. The van der Waals surface area contributed by atoms with Crippen LogP contribution in [0.15, 0.2) is 23.1 Å². The molecule has 102 valence electrons. The molecule has 0 spiro atoms. The van der Waals surface area contributed by atoms with E-state index in [9.17, 15) is 8.42 Å². The van der Waals surface area contributed by atoms with Gasteiger partial charge < -0.3 is 5.73 Å². The van der Waals surface area contributed by atoms with Gasteiger partial charge in [-0.2, -0.15) is 5.10 Å². The minimum atomic E-state index is -3.78. The summed E-state index contributed by atoms with van der Waals surface area (Å²) < 4.78 is 27.0. The van der Waals surface area contributed by atoms with Gasteiger partial charge in [0.2, 0.25) is 0 Å². The highest BCUT2D eigenvalue weighted by Gasteiger charge is 2.23. The molecule has 0 aliphatic rings. The molecule has 0 amide bonds. The summed E-state index contributed by atoms with van der Waals surface area (Å²) in [6.07, 6.45) is 0. The lowest BCUT2D eigenvalue weighted by atomic mass is 10.3. The Morgan fingerprint density at radius 1 is 1.37 bits per heavy atom. The van der Waals surface area contributed by atoms with Gasteiger partial charge >= 0.3 is 0 Å². The van der Waals surface area contributed by atoms with Crippen molar-refractivity contribution < 1.29 is 8.42 Å². The van der Waals surface area contributed by atoms with E-state index in [1.165, 1.54) is 0 Å². The third kappa shape index (κ3) is 2.52. The first kappa shape index (κ1) is 13.7. The van der Waals surface area contributed by atoms with E-state index in [1.54, 1.807) is 32.0 Å². The lowest BCUT2D eigenvalue weighted by Crippen LogP contribution is -2.16. The molecule has 0 saturated carbocycles. The number of nitrogens with two attached hydrogens (primary N) is 1. The van der Waals surface area contributed by atoms with Crippen molar-refractivity contribution in [2.45, 2.75) is 18.7 Å². The number of nitrogens with one attached hydrogen (secondary N) is 2. The minimum Gasteiger partial charge on any atom is -0.397 e. The number of aryl methyl sites for hydroxylation is 2. The summed E-state index contributed by atoms with van der Waals surface area (Å²) in [6.45, 7) is 3.23. The molecule has 1 aromatic heterocycles. The lowest BCUT2D eigenvalue weighted by Gasteiger charge is -2.11. The SMILES string of the molecule is Cc1n[nH]c(C)c1S(=O)(=O)Nc1c(N)cccc1Cl. The molecule has 19 heavy (non-hydrogen) atoms. The van der Waals surface area contributed by atoms with Gasteiger partial charge in [0.25, 0.3) is 10.0 Å². The first-order valence-corrected chi connectivity index (χ1v) is 7.27.